The minimum atomic E-state index is -1.47. The summed E-state index contributed by atoms with van der Waals surface area (Å²) in [6.07, 6.45) is 0.964. The van der Waals surface area contributed by atoms with E-state index in [0.717, 1.165) is 4.90 Å². The normalized spacial score (nSPS) is 16.6. The van der Waals surface area contributed by atoms with Gasteiger partial charge in [0.15, 0.2) is 11.9 Å². The van der Waals surface area contributed by atoms with Crippen LogP contribution in [0.15, 0.2) is 34.3 Å². The van der Waals surface area contributed by atoms with E-state index in [1.807, 2.05) is 0 Å². The van der Waals surface area contributed by atoms with E-state index in [0.29, 0.717) is 24.8 Å². The molecule has 0 radical (unpaired) electrons. The molecular weight excluding hydrogens is 1460 g/mol. The Morgan fingerprint density at radius 2 is 0.946 bits per heavy atom. The predicted molar refractivity (Wildman–Crippen MR) is 411 cm³/mol. The minimum Gasteiger partial charge on any atom is -0.508 e. The average molecular weight is 1580 g/mol. The number of amides is 15. The smallest absolute Gasteiger partial charge is 0.326 e. The van der Waals surface area contributed by atoms with Crippen LogP contribution >= 0.6 is 0 Å². The first kappa shape index (κ1) is 95.2. The van der Waals surface area contributed by atoms with E-state index >= 15 is 0 Å². The number of aromatic hydroxyl groups is 1. The zero-order valence-electron chi connectivity index (χ0n) is 65.8. The predicted octanol–water partition coefficient (Wildman–Crippen LogP) is -5.51. The van der Waals surface area contributed by atoms with Crippen LogP contribution < -0.4 is 98.2 Å². The van der Waals surface area contributed by atoms with Gasteiger partial charge in [-0.1, -0.05) is 87.8 Å². The summed E-state index contributed by atoms with van der Waals surface area (Å²) < 4.78 is 0. The highest BCUT2D eigenvalue weighted by Gasteiger charge is 2.42. The molecule has 2 fully saturated rings. The van der Waals surface area contributed by atoms with Gasteiger partial charge in [-0.15, -0.1) is 0 Å². The molecule has 112 heavy (non-hydrogen) atoms. The number of hydrogen-bond acceptors (Lipinski definition) is 20. The second-order valence-electron chi connectivity index (χ2n) is 29.5. The van der Waals surface area contributed by atoms with Crippen LogP contribution in [0, 0.1) is 29.6 Å². The van der Waals surface area contributed by atoms with Crippen LogP contribution in [0.5, 0.6) is 5.75 Å². The molecule has 0 saturated carbocycles. The van der Waals surface area contributed by atoms with E-state index in [1.54, 1.807) is 69.2 Å². The highest BCUT2D eigenvalue weighted by Crippen LogP contribution is 2.23. The molecule has 2 saturated heterocycles. The number of benzene rings is 1. The number of guanidine groups is 2. The third-order valence-corrected chi connectivity index (χ3v) is 18.6. The van der Waals surface area contributed by atoms with Crippen molar-refractivity contribution in [1.82, 2.24) is 73.6 Å². The summed E-state index contributed by atoms with van der Waals surface area (Å²) in [6, 6.07) is -8.52. The number of carbonyl (C=O) groups excluding carboxylic acids is 15. The monoisotopic (exact) mass is 1580 g/mol. The number of aliphatic imine (C=N–C) groups is 2. The summed E-state index contributed by atoms with van der Waals surface area (Å²) in [6.45, 7) is 14.8. The molecule has 0 aromatic heterocycles. The SMILES string of the molecule is CC[C@H](C)[C@H](NC(=O)[C@H](CCC(N)=O)NC(=O)CN)C(=O)N[C@H](C(=O)NCC(=O)NCC(=O)N[C@H](C(=O)N[C@@H](Cc1ccc(O)cc1)C(=O)N[C@@H](CC(C)C)C(=O)N[C@@H](CC(C)C)C(=O)N1CCC[C@H]1C(=O)N[C@@H](CCCN=C(N)N)C(=O)N[C@@H](CCCN=C(N)N)C(=O)NCC(=O)N1CCC[C@H]1C(=O)O)C(C)C)C(C)C. The standard InChI is InChI=1S/C72H120N22O18/c1-11-41(10)59(92-62(103)46(24-25-52(74)96)84-53(97)33-73)68(109)91-57(39(6)7)66(107)82-34-54(98)81-35-55(99)90-58(40(8)9)67(108)88-48(32-42-20-22-43(95)23-21-42)64(105)87-47(30-37(2)3)63(104)89-49(31-38(4)5)69(110)94-29-14-18-50(94)65(106)86-45(17-13-27-80-72(77)78)61(102)85-44(16-12-26-79-71(75)76)60(101)83-36-56(100)93-28-15-19-51(93)70(111)112/h20-23,37-41,44-51,57-59,95H,11-19,24-36,73H2,1-10H3,(H2,74,96)(H,81,98)(H,82,107)(H,83,101)(H,84,97)(H,85,102)(H,86,106)(H,87,105)(H,88,108)(H,89,104)(H,90,99)(H,91,109)(H,92,103)(H,111,112)(H4,75,76,79)(H4,77,78,80)/t41-,44-,45-,46-,47-,48-,49-,50-,51-,57-,58-,59-/m0/s1. The van der Waals surface area contributed by atoms with Crippen molar-refractivity contribution in [3.8, 4) is 5.75 Å². The number of aliphatic carboxylic acids is 1. The highest BCUT2D eigenvalue weighted by atomic mass is 16.4. The molecule has 40 heteroatoms. The lowest BCUT2D eigenvalue weighted by atomic mass is 9.96. The largest absolute Gasteiger partial charge is 0.508 e. The van der Waals surface area contributed by atoms with Gasteiger partial charge in [0.1, 0.15) is 72.2 Å². The van der Waals surface area contributed by atoms with Gasteiger partial charge >= 0.3 is 5.97 Å². The van der Waals surface area contributed by atoms with Crippen molar-refractivity contribution in [2.24, 2.45) is 74.0 Å². The maximum absolute atomic E-state index is 14.9. The Morgan fingerprint density at radius 3 is 1.49 bits per heavy atom. The number of hydrogen-bond donors (Lipinski definition) is 20. The number of likely N-dealkylation sites (tertiary alicyclic amines) is 2. The summed E-state index contributed by atoms with van der Waals surface area (Å²) in [7, 11) is 0. The summed E-state index contributed by atoms with van der Waals surface area (Å²) in [5, 5.41) is 50.9. The van der Waals surface area contributed by atoms with Crippen LogP contribution in [0.2, 0.25) is 0 Å². The van der Waals surface area contributed by atoms with E-state index in [2.05, 4.69) is 73.8 Å². The number of nitrogens with one attached hydrogen (secondary N) is 12. The van der Waals surface area contributed by atoms with Crippen molar-refractivity contribution < 1.29 is 86.9 Å². The van der Waals surface area contributed by atoms with Gasteiger partial charge in [-0.05, 0) is 118 Å². The Bertz CT molecular complexity index is 3480. The molecule has 0 aliphatic carbocycles. The summed E-state index contributed by atoms with van der Waals surface area (Å²) >= 11 is 0. The fourth-order valence-corrected chi connectivity index (χ4v) is 12.4. The third kappa shape index (κ3) is 33.3. The second kappa shape index (κ2) is 48.0. The molecule has 26 N–H and O–H groups in total. The number of carboxylic acid groups (broad SMARTS) is 1. The van der Waals surface area contributed by atoms with Crippen LogP contribution in [-0.2, 0) is 83.1 Å². The van der Waals surface area contributed by atoms with Crippen molar-refractivity contribution in [2.75, 3.05) is 52.4 Å². The average Bonchev–Trinajstić information content (AvgIpc) is 1.80. The highest BCUT2D eigenvalue weighted by molar-refractivity contribution is 6.00. The first-order valence-electron chi connectivity index (χ1n) is 37.9. The maximum Gasteiger partial charge on any atom is 0.326 e. The van der Waals surface area contributed by atoms with Crippen molar-refractivity contribution in [1.29, 1.82) is 0 Å². The number of rotatable bonds is 48. The lowest BCUT2D eigenvalue weighted by Crippen LogP contribution is -2.61. The molecule has 40 nitrogen and oxygen atoms in total. The lowest BCUT2D eigenvalue weighted by molar-refractivity contribution is -0.148. The number of carbonyl (C=O) groups is 16. The molecule has 626 valence electrons. The summed E-state index contributed by atoms with van der Waals surface area (Å²) in [5.41, 5.74) is 33.3. The van der Waals surface area contributed by atoms with Crippen molar-refractivity contribution in [3.63, 3.8) is 0 Å². The second-order valence-corrected chi connectivity index (χ2v) is 29.5. The van der Waals surface area contributed by atoms with Gasteiger partial charge in [0.2, 0.25) is 88.6 Å². The number of primary amides is 1. The number of nitrogens with zero attached hydrogens (tertiary/aromatic N) is 4. The van der Waals surface area contributed by atoms with E-state index < -0.39 is 205 Å². The Balaban J connectivity index is 1.83. The van der Waals surface area contributed by atoms with Gasteiger partial charge < -0.3 is 118 Å². The van der Waals surface area contributed by atoms with Gasteiger partial charge in [-0.3, -0.25) is 81.9 Å². The molecule has 0 spiro atoms. The molecule has 15 amide bonds. The third-order valence-electron chi connectivity index (χ3n) is 18.6. The molecule has 1 aromatic carbocycles. The van der Waals surface area contributed by atoms with Crippen LogP contribution in [0.25, 0.3) is 0 Å². The van der Waals surface area contributed by atoms with Crippen LogP contribution in [-0.4, -0.2) is 245 Å². The fourth-order valence-electron chi connectivity index (χ4n) is 12.4. The van der Waals surface area contributed by atoms with E-state index in [-0.39, 0.29) is 126 Å². The fraction of sp³-hybridized carbons (Fsp3) is 0.667. The van der Waals surface area contributed by atoms with Gasteiger partial charge in [0.25, 0.3) is 0 Å². The zero-order valence-corrected chi connectivity index (χ0v) is 65.8. The lowest BCUT2D eigenvalue weighted by Gasteiger charge is -2.32. The molecular formula is C72H120N22O18. The van der Waals surface area contributed by atoms with Gasteiger partial charge in [-0.25, -0.2) is 4.79 Å². The Morgan fingerprint density at radius 1 is 0.482 bits per heavy atom. The molecule has 0 bridgehead atoms. The number of phenols is 1. The summed E-state index contributed by atoms with van der Waals surface area (Å²) in [4.78, 5) is 228. The number of nitrogens with two attached hydrogens (primary N) is 6. The molecule has 2 heterocycles. The number of phenolic OH excluding ortho intramolecular Hbond substituents is 1. The summed E-state index contributed by atoms with van der Waals surface area (Å²) in [5.74, 6) is -15.9. The first-order valence-corrected chi connectivity index (χ1v) is 37.9. The Hall–Kier alpha value is -11.0. The van der Waals surface area contributed by atoms with E-state index in [9.17, 15) is 86.9 Å². The molecule has 0 unspecified atom stereocenters. The first-order chi connectivity index (χ1) is 52.7. The van der Waals surface area contributed by atoms with E-state index in [4.69, 9.17) is 34.4 Å². The van der Waals surface area contributed by atoms with Crippen LogP contribution in [0.3, 0.4) is 0 Å². The van der Waals surface area contributed by atoms with Gasteiger partial charge in [0.05, 0.1) is 26.2 Å². The maximum atomic E-state index is 14.9. The van der Waals surface area contributed by atoms with Crippen molar-refractivity contribution >= 4 is 106 Å². The molecule has 2 aliphatic rings. The quantitative estimate of drug-likeness (QED) is 0.0164. The Labute approximate surface area is 652 Å². The zero-order chi connectivity index (χ0) is 84.2. The minimum absolute atomic E-state index is 0.00210. The topological polar surface area (TPSA) is 645 Å². The molecule has 12 atom stereocenters. The van der Waals surface area contributed by atoms with Crippen LogP contribution in [0.1, 0.15) is 158 Å². The number of carboxylic acids is 1. The van der Waals surface area contributed by atoms with E-state index in [1.165, 1.54) is 29.2 Å². The van der Waals surface area contributed by atoms with Crippen LogP contribution in [0.4, 0.5) is 0 Å². The molecule has 3 rings (SSSR count). The van der Waals surface area contributed by atoms with Gasteiger partial charge in [-0.2, -0.15) is 0 Å². The van der Waals surface area contributed by atoms with Crippen molar-refractivity contribution in [2.45, 2.75) is 226 Å². The molecule has 1 aromatic rings. The van der Waals surface area contributed by atoms with Gasteiger partial charge in [0, 0.05) is 39.0 Å². The molecule has 2 aliphatic heterocycles. The van der Waals surface area contributed by atoms with Crippen molar-refractivity contribution in [3.05, 3.63) is 29.8 Å². The Kier molecular flexibility index (Phi) is 40.8.